The lowest BCUT2D eigenvalue weighted by atomic mass is 10.2. The maximum atomic E-state index is 10.8. The zero-order valence-electron chi connectivity index (χ0n) is 10.1. The number of aromatic nitrogens is 2. The molecule has 0 bridgehead atoms. The third-order valence-electron chi connectivity index (χ3n) is 2.70. The van der Waals surface area contributed by atoms with Gasteiger partial charge < -0.3 is 15.4 Å². The number of carboxylic acid groups (broad SMARTS) is 1. The molecule has 0 aliphatic carbocycles. The van der Waals surface area contributed by atoms with E-state index in [9.17, 15) is 4.79 Å². The third kappa shape index (κ3) is 2.57. The van der Waals surface area contributed by atoms with Gasteiger partial charge in [-0.25, -0.2) is 4.98 Å². The van der Waals surface area contributed by atoms with Crippen LogP contribution in [0.2, 0.25) is 0 Å². The molecule has 0 aliphatic rings. The van der Waals surface area contributed by atoms with Crippen molar-refractivity contribution in [2.24, 2.45) is 5.73 Å². The summed E-state index contributed by atoms with van der Waals surface area (Å²) < 4.78 is 1.86. The molecule has 0 fully saturated rings. The lowest BCUT2D eigenvalue weighted by molar-refractivity contribution is -0.138. The van der Waals surface area contributed by atoms with Crippen molar-refractivity contribution in [1.29, 1.82) is 0 Å². The Kier molecular flexibility index (Phi) is 3.43. The second kappa shape index (κ2) is 5.01. The summed E-state index contributed by atoms with van der Waals surface area (Å²) in [5, 5.41) is 8.84. The fraction of sp³-hybridized carbons (Fsp3) is 0.231. The van der Waals surface area contributed by atoms with Crippen LogP contribution in [0.1, 0.15) is 11.4 Å². The summed E-state index contributed by atoms with van der Waals surface area (Å²) in [6, 6.07) is 8.51. The maximum Gasteiger partial charge on any atom is 0.320 e. The largest absolute Gasteiger partial charge is 0.480 e. The van der Waals surface area contributed by atoms with E-state index in [1.807, 2.05) is 48.0 Å². The van der Waals surface area contributed by atoms with E-state index >= 15 is 0 Å². The van der Waals surface area contributed by atoms with Crippen molar-refractivity contribution < 1.29 is 9.90 Å². The Morgan fingerprint density at radius 2 is 2.22 bits per heavy atom. The van der Waals surface area contributed by atoms with Gasteiger partial charge in [-0.2, -0.15) is 0 Å². The molecule has 2 aromatic heterocycles. The molecule has 5 heteroatoms. The summed E-state index contributed by atoms with van der Waals surface area (Å²) in [6.07, 6.45) is 2.13. The zero-order chi connectivity index (χ0) is 13.1. The monoisotopic (exact) mass is 245 g/mol. The molecule has 2 aromatic rings. The summed E-state index contributed by atoms with van der Waals surface area (Å²) in [5.41, 5.74) is 7.30. The molecule has 0 aliphatic heterocycles. The van der Waals surface area contributed by atoms with Gasteiger partial charge in [-0.3, -0.25) is 4.79 Å². The van der Waals surface area contributed by atoms with E-state index in [0.29, 0.717) is 0 Å². The molecule has 0 radical (unpaired) electrons. The summed E-state index contributed by atoms with van der Waals surface area (Å²) in [7, 11) is 0. The molecule has 0 aromatic carbocycles. The molecule has 1 unspecified atom stereocenters. The molecule has 1 atom stereocenters. The van der Waals surface area contributed by atoms with Gasteiger partial charge in [0.2, 0.25) is 0 Å². The molecular weight excluding hydrogens is 230 g/mol. The summed E-state index contributed by atoms with van der Waals surface area (Å²) in [6.45, 7) is 1.91. The molecule has 2 rings (SSSR count). The fourth-order valence-electron chi connectivity index (χ4n) is 1.78. The van der Waals surface area contributed by atoms with Crippen molar-refractivity contribution in [1.82, 2.24) is 9.55 Å². The average molecular weight is 245 g/mol. The topological polar surface area (TPSA) is 81.1 Å². The van der Waals surface area contributed by atoms with Crippen LogP contribution in [-0.4, -0.2) is 26.7 Å². The Balaban J connectivity index is 2.30. The highest BCUT2D eigenvalue weighted by atomic mass is 16.4. The van der Waals surface area contributed by atoms with Crippen molar-refractivity contribution in [3.63, 3.8) is 0 Å². The summed E-state index contributed by atoms with van der Waals surface area (Å²) >= 11 is 0. The van der Waals surface area contributed by atoms with Crippen molar-refractivity contribution in [3.8, 4) is 5.82 Å². The number of nitrogens with two attached hydrogens (primary N) is 1. The number of aryl methyl sites for hydroxylation is 1. The Morgan fingerprint density at radius 3 is 2.89 bits per heavy atom. The van der Waals surface area contributed by atoms with Crippen molar-refractivity contribution >= 4 is 5.97 Å². The van der Waals surface area contributed by atoms with Crippen LogP contribution < -0.4 is 5.73 Å². The predicted molar refractivity (Wildman–Crippen MR) is 67.6 cm³/mol. The van der Waals surface area contributed by atoms with Crippen LogP contribution in [0.5, 0.6) is 0 Å². The smallest absolute Gasteiger partial charge is 0.320 e. The number of pyridine rings is 1. The van der Waals surface area contributed by atoms with E-state index in [1.54, 1.807) is 0 Å². The fourth-order valence-corrected chi connectivity index (χ4v) is 1.78. The van der Waals surface area contributed by atoms with Crippen molar-refractivity contribution in [2.45, 2.75) is 19.4 Å². The lowest BCUT2D eigenvalue weighted by Gasteiger charge is -2.11. The number of carboxylic acids is 1. The van der Waals surface area contributed by atoms with Crippen LogP contribution in [0.25, 0.3) is 5.82 Å². The van der Waals surface area contributed by atoms with Gasteiger partial charge in [-0.05, 0) is 31.2 Å². The van der Waals surface area contributed by atoms with Gasteiger partial charge in [-0.15, -0.1) is 0 Å². The normalized spacial score (nSPS) is 12.3. The van der Waals surface area contributed by atoms with E-state index < -0.39 is 12.0 Å². The minimum atomic E-state index is -1.00. The van der Waals surface area contributed by atoms with E-state index in [1.165, 1.54) is 0 Å². The molecule has 5 nitrogen and oxygen atoms in total. The SMILES string of the molecule is Cc1cccc(-n2cccc2CC(N)C(=O)O)n1. The first-order valence-electron chi connectivity index (χ1n) is 5.66. The number of nitrogens with zero attached hydrogens (tertiary/aromatic N) is 2. The number of hydrogen-bond acceptors (Lipinski definition) is 3. The third-order valence-corrected chi connectivity index (χ3v) is 2.70. The maximum absolute atomic E-state index is 10.8. The predicted octanol–water partition coefficient (Wildman–Crippen LogP) is 1.14. The van der Waals surface area contributed by atoms with Gasteiger partial charge in [0.25, 0.3) is 0 Å². The molecule has 0 spiro atoms. The van der Waals surface area contributed by atoms with Crippen molar-refractivity contribution in [2.75, 3.05) is 0 Å². The Morgan fingerprint density at radius 1 is 1.44 bits per heavy atom. The molecular formula is C13H15N3O2. The molecule has 94 valence electrons. The highest BCUT2D eigenvalue weighted by Gasteiger charge is 2.15. The minimum absolute atomic E-state index is 0.276. The number of aliphatic carboxylic acids is 1. The number of rotatable bonds is 4. The van der Waals surface area contributed by atoms with E-state index in [4.69, 9.17) is 10.8 Å². The van der Waals surface area contributed by atoms with Gasteiger partial charge in [0.05, 0.1) is 0 Å². The molecule has 0 saturated carbocycles. The van der Waals surface area contributed by atoms with Crippen LogP contribution >= 0.6 is 0 Å². The Labute approximate surface area is 105 Å². The molecule has 18 heavy (non-hydrogen) atoms. The minimum Gasteiger partial charge on any atom is -0.480 e. The second-order valence-corrected chi connectivity index (χ2v) is 4.16. The standard InChI is InChI=1S/C13H15N3O2/c1-9-4-2-6-12(15-9)16-7-3-5-10(16)8-11(14)13(17)18/h2-7,11H,8,14H2,1H3,(H,17,18). The van der Waals surface area contributed by atoms with Crippen LogP contribution in [0.3, 0.4) is 0 Å². The van der Waals surface area contributed by atoms with E-state index in [0.717, 1.165) is 17.2 Å². The Hall–Kier alpha value is -2.14. The molecule has 0 saturated heterocycles. The first-order chi connectivity index (χ1) is 8.58. The quantitative estimate of drug-likeness (QED) is 0.846. The average Bonchev–Trinajstić information content (AvgIpc) is 2.77. The van der Waals surface area contributed by atoms with Gasteiger partial charge in [0.1, 0.15) is 11.9 Å². The molecule has 2 heterocycles. The van der Waals surface area contributed by atoms with Crippen LogP contribution in [0.15, 0.2) is 36.5 Å². The first kappa shape index (κ1) is 12.3. The van der Waals surface area contributed by atoms with Gasteiger partial charge >= 0.3 is 5.97 Å². The van der Waals surface area contributed by atoms with E-state index in [-0.39, 0.29) is 6.42 Å². The van der Waals surface area contributed by atoms with Crippen LogP contribution in [0.4, 0.5) is 0 Å². The van der Waals surface area contributed by atoms with Gasteiger partial charge in [0, 0.05) is 24.0 Å². The summed E-state index contributed by atoms with van der Waals surface area (Å²) in [5.74, 6) is -0.229. The van der Waals surface area contributed by atoms with Gasteiger partial charge in [-0.1, -0.05) is 6.07 Å². The number of carbonyl (C=O) groups is 1. The highest BCUT2D eigenvalue weighted by molar-refractivity contribution is 5.73. The number of hydrogen-bond donors (Lipinski definition) is 2. The first-order valence-corrected chi connectivity index (χ1v) is 5.66. The lowest BCUT2D eigenvalue weighted by Crippen LogP contribution is -2.32. The Bertz CT molecular complexity index is 563. The van der Waals surface area contributed by atoms with Crippen molar-refractivity contribution in [3.05, 3.63) is 47.9 Å². The molecule has 0 amide bonds. The zero-order valence-corrected chi connectivity index (χ0v) is 10.1. The summed E-state index contributed by atoms with van der Waals surface area (Å²) in [4.78, 5) is 15.2. The second-order valence-electron chi connectivity index (χ2n) is 4.16. The van der Waals surface area contributed by atoms with Gasteiger partial charge in [0.15, 0.2) is 0 Å². The van der Waals surface area contributed by atoms with Crippen LogP contribution in [0, 0.1) is 6.92 Å². The molecule has 3 N–H and O–H groups in total. The highest BCUT2D eigenvalue weighted by Crippen LogP contribution is 2.12. The van der Waals surface area contributed by atoms with E-state index in [2.05, 4.69) is 4.98 Å². The van der Waals surface area contributed by atoms with Crippen LogP contribution in [-0.2, 0) is 11.2 Å².